The van der Waals surface area contributed by atoms with E-state index in [1.165, 1.54) is 0 Å². The van der Waals surface area contributed by atoms with Gasteiger partial charge in [-0.05, 0) is 17.1 Å². The minimum atomic E-state index is -1.12. The van der Waals surface area contributed by atoms with Gasteiger partial charge in [-0.1, -0.05) is 4.98 Å². The number of halogens is 2. The molecule has 2 N–H and O–H groups in total. The molecule has 24 heavy (non-hydrogen) atoms. The van der Waals surface area contributed by atoms with E-state index >= 15 is 0 Å². The molecule has 1 heterocycles. The van der Waals surface area contributed by atoms with Crippen molar-refractivity contribution in [2.45, 2.75) is 6.54 Å². The fraction of sp³-hybridized carbons (Fsp3) is 0.167. The highest BCUT2D eigenvalue weighted by molar-refractivity contribution is 5.94. The molecule has 0 atom stereocenters. The second kappa shape index (κ2) is 7.21. The summed E-state index contributed by atoms with van der Waals surface area (Å²) < 4.78 is 26.7. The molecule has 0 saturated heterocycles. The maximum absolute atomic E-state index is 13.0. The zero-order valence-electron chi connectivity index (χ0n) is 11.9. The number of amides is 2. The Kier molecular flexibility index (Phi) is 5.09. The third-order valence-corrected chi connectivity index (χ3v) is 2.64. The molecule has 2 amide bonds. The number of aromatic nitrogens is 3. The first kappa shape index (κ1) is 16.9. The lowest BCUT2D eigenvalue weighted by Gasteiger charge is -2.06. The molecule has 0 fully saturated rings. The van der Waals surface area contributed by atoms with Crippen LogP contribution < -0.4 is 10.6 Å². The Morgan fingerprint density at radius 2 is 2.00 bits per heavy atom. The monoisotopic (exact) mass is 340 g/mol. The normalized spacial score (nSPS) is 10.2. The second-order valence-corrected chi connectivity index (χ2v) is 4.45. The lowest BCUT2D eigenvalue weighted by molar-refractivity contribution is -0.394. The summed E-state index contributed by atoms with van der Waals surface area (Å²) in [6.07, 6.45) is 0.999. The first-order valence-electron chi connectivity index (χ1n) is 6.40. The molecule has 2 aromatic rings. The standard InChI is InChI=1S/C12H10F2N6O4/c13-8-2-1-7(3-9(8)14)17-10(21)4-15-11(22)5-19-6-16-12(18-19)20(23)24/h1-3,6H,4-5H2,(H,15,22)(H,17,21). The summed E-state index contributed by atoms with van der Waals surface area (Å²) in [5.74, 6) is -4.14. The molecule has 1 aromatic heterocycles. The van der Waals surface area contributed by atoms with Crippen LogP contribution in [0.4, 0.5) is 20.4 Å². The van der Waals surface area contributed by atoms with Crippen molar-refractivity contribution < 1.29 is 23.3 Å². The fourth-order valence-electron chi connectivity index (χ4n) is 1.61. The second-order valence-electron chi connectivity index (χ2n) is 4.45. The van der Waals surface area contributed by atoms with Crippen molar-refractivity contribution in [3.8, 4) is 0 Å². The molecule has 0 aliphatic rings. The highest BCUT2D eigenvalue weighted by Gasteiger charge is 2.15. The molecule has 1 aromatic carbocycles. The minimum absolute atomic E-state index is 0.0278. The quantitative estimate of drug-likeness (QED) is 0.571. The van der Waals surface area contributed by atoms with Crippen molar-refractivity contribution in [2.75, 3.05) is 11.9 Å². The Balaban J connectivity index is 1.81. The summed E-state index contributed by atoms with van der Waals surface area (Å²) in [5.41, 5.74) is 0.0278. The fourth-order valence-corrected chi connectivity index (χ4v) is 1.61. The number of rotatable bonds is 6. The van der Waals surface area contributed by atoms with Gasteiger partial charge >= 0.3 is 5.95 Å². The van der Waals surface area contributed by atoms with Crippen LogP contribution in [0.15, 0.2) is 24.5 Å². The van der Waals surface area contributed by atoms with E-state index in [0.29, 0.717) is 0 Å². The predicted molar refractivity (Wildman–Crippen MR) is 74.7 cm³/mol. The van der Waals surface area contributed by atoms with Crippen molar-refractivity contribution in [1.29, 1.82) is 0 Å². The molecule has 0 aliphatic carbocycles. The number of nitrogens with one attached hydrogen (secondary N) is 2. The first-order chi connectivity index (χ1) is 11.3. The van der Waals surface area contributed by atoms with Gasteiger partial charge in [0.2, 0.25) is 18.1 Å². The van der Waals surface area contributed by atoms with Gasteiger partial charge in [0.25, 0.3) is 0 Å². The van der Waals surface area contributed by atoms with Crippen molar-refractivity contribution in [3.05, 3.63) is 46.3 Å². The van der Waals surface area contributed by atoms with E-state index in [4.69, 9.17) is 0 Å². The number of carbonyl (C=O) groups is 2. The number of anilines is 1. The lowest BCUT2D eigenvalue weighted by atomic mass is 10.3. The smallest absolute Gasteiger partial charge is 0.390 e. The summed E-state index contributed by atoms with van der Waals surface area (Å²) in [6, 6.07) is 2.80. The van der Waals surface area contributed by atoms with Gasteiger partial charge < -0.3 is 20.7 Å². The third-order valence-electron chi connectivity index (χ3n) is 2.64. The molecule has 0 aliphatic heterocycles. The zero-order chi connectivity index (χ0) is 17.7. The van der Waals surface area contributed by atoms with E-state index in [1.54, 1.807) is 0 Å². The van der Waals surface area contributed by atoms with Crippen LogP contribution in [-0.2, 0) is 16.1 Å². The van der Waals surface area contributed by atoms with Crippen LogP contribution in [0.2, 0.25) is 0 Å². The summed E-state index contributed by atoms with van der Waals surface area (Å²) in [4.78, 5) is 36.1. The van der Waals surface area contributed by atoms with Gasteiger partial charge in [-0.3, -0.25) is 9.59 Å². The van der Waals surface area contributed by atoms with Crippen LogP contribution in [0.5, 0.6) is 0 Å². The number of hydrogen-bond donors (Lipinski definition) is 2. The van der Waals surface area contributed by atoms with Gasteiger partial charge in [-0.2, -0.15) is 4.68 Å². The van der Waals surface area contributed by atoms with Crippen molar-refractivity contribution in [2.24, 2.45) is 0 Å². The molecule has 0 unspecified atom stereocenters. The number of carbonyl (C=O) groups excluding carboxylic acids is 2. The topological polar surface area (TPSA) is 132 Å². The average Bonchev–Trinajstić information content (AvgIpc) is 2.98. The Hall–Kier alpha value is -3.44. The van der Waals surface area contributed by atoms with Gasteiger partial charge in [0, 0.05) is 16.9 Å². The lowest BCUT2D eigenvalue weighted by Crippen LogP contribution is -2.35. The van der Waals surface area contributed by atoms with Crippen molar-refractivity contribution in [3.63, 3.8) is 0 Å². The van der Waals surface area contributed by atoms with E-state index in [2.05, 4.69) is 20.7 Å². The molecule has 10 nitrogen and oxygen atoms in total. The van der Waals surface area contributed by atoms with Crippen LogP contribution in [0.3, 0.4) is 0 Å². The van der Waals surface area contributed by atoms with Gasteiger partial charge in [0.1, 0.15) is 6.54 Å². The average molecular weight is 340 g/mol. The number of nitro groups is 1. The minimum Gasteiger partial charge on any atom is -0.390 e. The SMILES string of the molecule is O=C(Cn1cnc([N+](=O)[O-])n1)NCC(=O)Nc1ccc(F)c(F)c1. The molecule has 2 rings (SSSR count). The Bertz CT molecular complexity index is 794. The molecule has 126 valence electrons. The van der Waals surface area contributed by atoms with E-state index in [1.807, 2.05) is 0 Å². The highest BCUT2D eigenvalue weighted by atomic mass is 19.2. The molecule has 0 saturated carbocycles. The maximum atomic E-state index is 13.0. The Labute approximate surface area is 132 Å². The number of nitrogens with zero attached hydrogens (tertiary/aromatic N) is 4. The van der Waals surface area contributed by atoms with Gasteiger partial charge in [0.15, 0.2) is 11.6 Å². The van der Waals surface area contributed by atoms with Crippen LogP contribution in [-0.4, -0.2) is 38.0 Å². The first-order valence-corrected chi connectivity index (χ1v) is 6.40. The van der Waals surface area contributed by atoms with Gasteiger partial charge in [-0.25, -0.2) is 8.78 Å². The van der Waals surface area contributed by atoms with Crippen molar-refractivity contribution in [1.82, 2.24) is 20.1 Å². The van der Waals surface area contributed by atoms with Crippen LogP contribution in [0.1, 0.15) is 0 Å². The molecule has 12 heteroatoms. The van der Waals surface area contributed by atoms with Crippen LogP contribution in [0.25, 0.3) is 0 Å². The number of benzene rings is 1. The highest BCUT2D eigenvalue weighted by Crippen LogP contribution is 2.12. The van der Waals surface area contributed by atoms with E-state index < -0.39 is 40.9 Å². The van der Waals surface area contributed by atoms with Gasteiger partial charge in [-0.15, -0.1) is 0 Å². The molecular weight excluding hydrogens is 330 g/mol. The molecular formula is C12H10F2N6O4. The Morgan fingerprint density at radius 3 is 2.62 bits per heavy atom. The van der Waals surface area contributed by atoms with E-state index in [9.17, 15) is 28.5 Å². The summed E-state index contributed by atoms with van der Waals surface area (Å²) in [5, 5.41) is 18.3. The molecule has 0 bridgehead atoms. The van der Waals surface area contributed by atoms with Gasteiger partial charge in [0.05, 0.1) is 6.54 Å². The molecule has 0 radical (unpaired) electrons. The van der Waals surface area contributed by atoms with E-state index in [-0.39, 0.29) is 12.2 Å². The molecule has 0 spiro atoms. The van der Waals surface area contributed by atoms with Crippen LogP contribution in [0, 0.1) is 21.7 Å². The van der Waals surface area contributed by atoms with Crippen LogP contribution >= 0.6 is 0 Å². The zero-order valence-corrected chi connectivity index (χ0v) is 11.9. The Morgan fingerprint density at radius 1 is 1.25 bits per heavy atom. The summed E-state index contributed by atoms with van der Waals surface area (Å²) >= 11 is 0. The maximum Gasteiger partial charge on any atom is 0.490 e. The summed E-state index contributed by atoms with van der Waals surface area (Å²) in [6.45, 7) is -0.812. The number of hydrogen-bond acceptors (Lipinski definition) is 6. The predicted octanol–water partition coefficient (Wildman–Crippen LogP) is 0.219. The summed E-state index contributed by atoms with van der Waals surface area (Å²) in [7, 11) is 0. The largest absolute Gasteiger partial charge is 0.490 e. The van der Waals surface area contributed by atoms with Crippen molar-refractivity contribution >= 4 is 23.5 Å². The third kappa shape index (κ3) is 4.53. The van der Waals surface area contributed by atoms with E-state index in [0.717, 1.165) is 29.2 Å².